The number of fused-ring (bicyclic) bond motifs is 1. The van der Waals surface area contributed by atoms with Crippen molar-refractivity contribution in [3.05, 3.63) is 64.3 Å². The molecule has 0 unspecified atom stereocenters. The van der Waals surface area contributed by atoms with Crippen LogP contribution in [-0.4, -0.2) is 26.9 Å². The monoisotopic (exact) mass is 451 g/mol. The Labute approximate surface area is 188 Å². The summed E-state index contributed by atoms with van der Waals surface area (Å²) < 4.78 is 0. The number of hydrogen-bond acceptors (Lipinski definition) is 6. The highest BCUT2D eigenvalue weighted by Gasteiger charge is 2.24. The van der Waals surface area contributed by atoms with Crippen molar-refractivity contribution in [1.82, 2.24) is 15.3 Å². The lowest BCUT2D eigenvalue weighted by molar-refractivity contribution is -0.119. The van der Waals surface area contributed by atoms with Crippen LogP contribution in [0.5, 0.6) is 0 Å². The first-order valence-electron chi connectivity index (χ1n) is 9.50. The molecule has 1 aliphatic rings. The Bertz CT molecular complexity index is 1260. The van der Waals surface area contributed by atoms with Gasteiger partial charge in [-0.1, -0.05) is 31.5 Å². The van der Waals surface area contributed by atoms with Crippen LogP contribution in [0, 0.1) is 5.92 Å². The van der Waals surface area contributed by atoms with E-state index in [4.69, 9.17) is 11.6 Å². The van der Waals surface area contributed by atoms with Crippen LogP contribution in [0.2, 0.25) is 5.02 Å². The van der Waals surface area contributed by atoms with Gasteiger partial charge < -0.3 is 10.6 Å². The lowest BCUT2D eigenvalue weighted by atomic mass is 10.2. The van der Waals surface area contributed by atoms with Crippen molar-refractivity contribution in [3.63, 3.8) is 0 Å². The Hall–Kier alpha value is -3.23. The van der Waals surface area contributed by atoms with Crippen LogP contribution in [0.4, 0.5) is 11.4 Å². The minimum absolute atomic E-state index is 0.102. The number of carbonyl (C=O) groups is 2. The van der Waals surface area contributed by atoms with Gasteiger partial charge in [-0.15, -0.1) is 0 Å². The van der Waals surface area contributed by atoms with Gasteiger partial charge in [-0.25, -0.2) is 4.99 Å². The summed E-state index contributed by atoms with van der Waals surface area (Å²) in [6.45, 7) is 3.63. The molecular weight excluding hydrogens is 434 g/mol. The van der Waals surface area contributed by atoms with Crippen molar-refractivity contribution in [3.8, 4) is 0 Å². The minimum Gasteiger partial charge on any atom is -0.326 e. The second-order valence-electron chi connectivity index (χ2n) is 7.10. The maximum absolute atomic E-state index is 12.4. The molecule has 0 bridgehead atoms. The highest BCUT2D eigenvalue weighted by molar-refractivity contribution is 8.18. The fourth-order valence-electron chi connectivity index (χ4n) is 2.77. The van der Waals surface area contributed by atoms with Crippen LogP contribution in [-0.2, 0) is 9.59 Å². The summed E-state index contributed by atoms with van der Waals surface area (Å²) in [5.74, 6) is -0.498. The predicted octanol–water partition coefficient (Wildman–Crippen LogP) is 4.77. The maximum atomic E-state index is 12.4. The van der Waals surface area contributed by atoms with E-state index in [-0.39, 0.29) is 17.7 Å². The molecule has 1 aliphatic heterocycles. The van der Waals surface area contributed by atoms with E-state index in [1.165, 1.54) is 11.8 Å². The highest BCUT2D eigenvalue weighted by atomic mass is 35.5. The van der Waals surface area contributed by atoms with Crippen LogP contribution in [0.15, 0.2) is 58.7 Å². The number of anilines is 1. The third-order valence-corrected chi connectivity index (χ3v) is 5.63. The van der Waals surface area contributed by atoms with Gasteiger partial charge in [-0.05, 0) is 53.7 Å². The van der Waals surface area contributed by atoms with Crippen molar-refractivity contribution in [2.75, 3.05) is 5.32 Å². The molecule has 1 aromatic heterocycles. The summed E-state index contributed by atoms with van der Waals surface area (Å²) in [5, 5.41) is 6.38. The first kappa shape index (κ1) is 21.0. The van der Waals surface area contributed by atoms with E-state index in [0.29, 0.717) is 26.5 Å². The number of hydrogen-bond donors (Lipinski definition) is 2. The first-order chi connectivity index (χ1) is 14.9. The average molecular weight is 452 g/mol. The zero-order chi connectivity index (χ0) is 22.0. The second kappa shape index (κ2) is 8.87. The highest BCUT2D eigenvalue weighted by Crippen LogP contribution is 2.33. The topological polar surface area (TPSA) is 96.3 Å². The molecule has 3 aromatic rings. The van der Waals surface area contributed by atoms with Crippen molar-refractivity contribution >= 4 is 68.8 Å². The Balaban J connectivity index is 1.57. The molecule has 0 atom stereocenters. The second-order valence-corrected chi connectivity index (χ2v) is 8.53. The summed E-state index contributed by atoms with van der Waals surface area (Å²) in [5.41, 5.74) is 3.41. The quantitative estimate of drug-likeness (QED) is 0.557. The number of amides is 2. The van der Waals surface area contributed by atoms with E-state index >= 15 is 0 Å². The number of amidine groups is 1. The van der Waals surface area contributed by atoms with Crippen molar-refractivity contribution in [1.29, 1.82) is 0 Å². The minimum atomic E-state index is -0.247. The van der Waals surface area contributed by atoms with Gasteiger partial charge >= 0.3 is 0 Å². The molecule has 2 N–H and O–H groups in total. The van der Waals surface area contributed by atoms with Crippen LogP contribution in [0.1, 0.15) is 19.4 Å². The van der Waals surface area contributed by atoms with Crippen LogP contribution in [0.3, 0.4) is 0 Å². The zero-order valence-corrected chi connectivity index (χ0v) is 18.3. The molecule has 0 aliphatic carbocycles. The smallest absolute Gasteiger partial charge is 0.264 e. The van der Waals surface area contributed by atoms with Crippen molar-refractivity contribution in [2.45, 2.75) is 13.8 Å². The van der Waals surface area contributed by atoms with Gasteiger partial charge in [-0.2, -0.15) is 0 Å². The fraction of sp³-hybridized carbons (Fsp3) is 0.136. The number of halogens is 1. The Morgan fingerprint density at radius 2 is 1.94 bits per heavy atom. The van der Waals surface area contributed by atoms with E-state index in [1.807, 2.05) is 32.0 Å². The van der Waals surface area contributed by atoms with Crippen LogP contribution in [0.25, 0.3) is 17.1 Å². The molecule has 0 saturated carbocycles. The number of carbonyl (C=O) groups excluding carboxylic acids is 2. The number of aliphatic imine (C=N–C) groups is 1. The maximum Gasteiger partial charge on any atom is 0.264 e. The third kappa shape index (κ3) is 4.92. The third-order valence-electron chi connectivity index (χ3n) is 4.40. The largest absolute Gasteiger partial charge is 0.326 e. The first-order valence-corrected chi connectivity index (χ1v) is 10.7. The molecule has 2 amide bonds. The molecule has 0 radical (unpaired) electrons. The predicted molar refractivity (Wildman–Crippen MR) is 125 cm³/mol. The van der Waals surface area contributed by atoms with Gasteiger partial charge in [0.2, 0.25) is 5.91 Å². The molecule has 2 heterocycles. The molecule has 9 heteroatoms. The average Bonchev–Trinajstić information content (AvgIpc) is 3.09. The van der Waals surface area contributed by atoms with Crippen LogP contribution >= 0.6 is 23.4 Å². The summed E-state index contributed by atoms with van der Waals surface area (Å²) in [6.07, 6.45) is 5.04. The molecule has 0 spiro atoms. The molecule has 7 nitrogen and oxygen atoms in total. The Morgan fingerprint density at radius 1 is 1.16 bits per heavy atom. The van der Waals surface area contributed by atoms with Crippen molar-refractivity contribution in [2.24, 2.45) is 10.9 Å². The standard InChI is InChI=1S/C22H18ClN5O2S/c1-12(2)20(29)26-14-4-5-15(23)17(11-14)27-22-28-21(30)19(31-22)10-13-3-6-16-18(9-13)25-8-7-24-16/h3-12H,1-2H3,(H,26,29)(H,27,28,30)/b19-10+. The normalized spacial score (nSPS) is 16.3. The van der Waals surface area contributed by atoms with E-state index in [0.717, 1.165) is 16.6 Å². The molecule has 2 aromatic carbocycles. The summed E-state index contributed by atoms with van der Waals surface area (Å²) in [6, 6.07) is 10.6. The number of aromatic nitrogens is 2. The van der Waals surface area contributed by atoms with Gasteiger partial charge in [0.1, 0.15) is 0 Å². The lowest BCUT2D eigenvalue weighted by Gasteiger charge is -2.09. The zero-order valence-electron chi connectivity index (χ0n) is 16.7. The Morgan fingerprint density at radius 3 is 2.71 bits per heavy atom. The fourth-order valence-corrected chi connectivity index (χ4v) is 3.77. The van der Waals surface area contributed by atoms with E-state index < -0.39 is 0 Å². The van der Waals surface area contributed by atoms with Gasteiger partial charge in [-0.3, -0.25) is 19.6 Å². The number of nitrogens with zero attached hydrogens (tertiary/aromatic N) is 3. The number of thioether (sulfide) groups is 1. The molecule has 156 valence electrons. The van der Waals surface area contributed by atoms with Crippen molar-refractivity contribution < 1.29 is 9.59 Å². The lowest BCUT2D eigenvalue weighted by Crippen LogP contribution is -2.19. The van der Waals surface area contributed by atoms with Gasteiger partial charge in [0.25, 0.3) is 5.91 Å². The SMILES string of the molecule is CC(C)C(=O)Nc1ccc(Cl)c(N=C2NC(=O)/C(=C\c3ccc4nccnc4c3)S2)c1. The molecule has 1 fully saturated rings. The van der Waals surface area contributed by atoms with Gasteiger partial charge in [0, 0.05) is 24.0 Å². The summed E-state index contributed by atoms with van der Waals surface area (Å²) in [4.78, 5) is 37.9. The number of nitrogens with one attached hydrogen (secondary N) is 2. The van der Waals surface area contributed by atoms with Gasteiger partial charge in [0.05, 0.1) is 26.6 Å². The summed E-state index contributed by atoms with van der Waals surface area (Å²) in [7, 11) is 0. The molecular formula is C22H18ClN5O2S. The van der Waals surface area contributed by atoms with Crippen LogP contribution < -0.4 is 10.6 Å². The molecule has 4 rings (SSSR count). The summed E-state index contributed by atoms with van der Waals surface area (Å²) >= 11 is 7.48. The van der Waals surface area contributed by atoms with E-state index in [9.17, 15) is 9.59 Å². The number of rotatable bonds is 4. The number of benzene rings is 2. The van der Waals surface area contributed by atoms with E-state index in [2.05, 4.69) is 25.6 Å². The van der Waals surface area contributed by atoms with Gasteiger partial charge in [0.15, 0.2) is 5.17 Å². The Kier molecular flexibility index (Phi) is 6.01. The molecule has 31 heavy (non-hydrogen) atoms. The molecule has 1 saturated heterocycles. The van der Waals surface area contributed by atoms with E-state index in [1.54, 1.807) is 36.7 Å².